The van der Waals surface area contributed by atoms with Crippen LogP contribution in [0, 0.1) is 18.8 Å². The lowest BCUT2D eigenvalue weighted by Crippen LogP contribution is -2.11. The van der Waals surface area contributed by atoms with Crippen LogP contribution in [0.3, 0.4) is 0 Å². The van der Waals surface area contributed by atoms with Crippen LogP contribution >= 0.6 is 0 Å². The van der Waals surface area contributed by atoms with Crippen LogP contribution in [-0.4, -0.2) is 6.54 Å². The molecule has 0 radical (unpaired) electrons. The van der Waals surface area contributed by atoms with Gasteiger partial charge in [-0.05, 0) is 69.2 Å². The van der Waals surface area contributed by atoms with Crippen LogP contribution in [0.1, 0.15) is 69.9 Å². The molecule has 0 fully saturated rings. The van der Waals surface area contributed by atoms with Crippen LogP contribution in [0.4, 0.5) is 0 Å². The summed E-state index contributed by atoms with van der Waals surface area (Å²) in [6.07, 6.45) is 16.9. The van der Waals surface area contributed by atoms with E-state index >= 15 is 0 Å². The molecule has 0 bridgehead atoms. The van der Waals surface area contributed by atoms with E-state index in [4.69, 9.17) is 5.73 Å². The molecule has 0 spiro atoms. The summed E-state index contributed by atoms with van der Waals surface area (Å²) in [4.78, 5) is 0. The van der Waals surface area contributed by atoms with Crippen LogP contribution in [0.25, 0.3) is 5.57 Å². The average molecular weight is 430 g/mol. The molecule has 0 saturated heterocycles. The molecule has 0 saturated carbocycles. The minimum absolute atomic E-state index is 0.152. The molecule has 1 aromatic rings. The van der Waals surface area contributed by atoms with Crippen molar-refractivity contribution in [2.75, 3.05) is 6.54 Å². The maximum Gasteiger partial charge on any atom is 0.0301 e. The summed E-state index contributed by atoms with van der Waals surface area (Å²) in [5.41, 5.74) is 14.8. The maximum absolute atomic E-state index is 5.93. The number of unbranched alkanes of at least 4 members (excludes halogenated alkanes) is 2. The highest BCUT2D eigenvalue weighted by Gasteiger charge is 2.35. The van der Waals surface area contributed by atoms with Gasteiger partial charge in [0.25, 0.3) is 0 Å². The number of hydrogen-bond acceptors (Lipinski definition) is 1. The quantitative estimate of drug-likeness (QED) is 0.247. The molecular formula is C31H43N. The number of benzene rings is 1. The summed E-state index contributed by atoms with van der Waals surface area (Å²) in [6.45, 7) is 20.6. The van der Waals surface area contributed by atoms with Gasteiger partial charge in [0.2, 0.25) is 0 Å². The van der Waals surface area contributed by atoms with Crippen molar-refractivity contribution in [2.45, 2.75) is 65.7 Å². The zero-order chi connectivity index (χ0) is 23.5. The Labute approximate surface area is 197 Å². The van der Waals surface area contributed by atoms with Crippen LogP contribution < -0.4 is 5.73 Å². The molecule has 1 aromatic carbocycles. The third-order valence-electron chi connectivity index (χ3n) is 6.56. The Morgan fingerprint density at radius 3 is 2.53 bits per heavy atom. The van der Waals surface area contributed by atoms with Gasteiger partial charge in [0.1, 0.15) is 0 Å². The fourth-order valence-corrected chi connectivity index (χ4v) is 4.63. The summed E-state index contributed by atoms with van der Waals surface area (Å²) in [5, 5.41) is 0. The molecule has 1 heteroatoms. The Hall–Kier alpha value is -2.38. The van der Waals surface area contributed by atoms with Crippen LogP contribution in [-0.2, 0) is 0 Å². The van der Waals surface area contributed by atoms with Gasteiger partial charge in [-0.1, -0.05) is 110 Å². The molecule has 0 aromatic heterocycles. The first kappa shape index (κ1) is 25.9. The zero-order valence-electron chi connectivity index (χ0n) is 20.6. The summed E-state index contributed by atoms with van der Waals surface area (Å²) in [6, 6.07) is 8.62. The highest BCUT2D eigenvalue weighted by molar-refractivity contribution is 5.74. The Kier molecular flexibility index (Phi) is 10.7. The molecule has 2 atom stereocenters. The van der Waals surface area contributed by atoms with Crippen molar-refractivity contribution < 1.29 is 0 Å². The van der Waals surface area contributed by atoms with Gasteiger partial charge in [-0.2, -0.15) is 0 Å². The normalized spacial score (nSPS) is 18.9. The first-order valence-corrected chi connectivity index (χ1v) is 12.2. The third-order valence-corrected chi connectivity index (χ3v) is 6.56. The van der Waals surface area contributed by atoms with Crippen molar-refractivity contribution >= 4 is 5.57 Å². The molecule has 2 unspecified atom stereocenters. The van der Waals surface area contributed by atoms with E-state index in [1.165, 1.54) is 52.7 Å². The second-order valence-corrected chi connectivity index (χ2v) is 9.18. The van der Waals surface area contributed by atoms with Crippen LogP contribution in [0.15, 0.2) is 90.6 Å². The Morgan fingerprint density at radius 2 is 1.84 bits per heavy atom. The van der Waals surface area contributed by atoms with Gasteiger partial charge in [-0.3, -0.25) is 0 Å². The molecular weight excluding hydrogens is 386 g/mol. The minimum Gasteiger partial charge on any atom is -0.330 e. The first-order valence-electron chi connectivity index (χ1n) is 12.2. The molecule has 172 valence electrons. The third kappa shape index (κ3) is 7.07. The summed E-state index contributed by atoms with van der Waals surface area (Å²) < 4.78 is 0. The van der Waals surface area contributed by atoms with Crippen molar-refractivity contribution in [3.63, 3.8) is 0 Å². The number of aryl methyl sites for hydroxylation is 1. The largest absolute Gasteiger partial charge is 0.330 e. The molecule has 2 rings (SSSR count). The zero-order valence-corrected chi connectivity index (χ0v) is 20.6. The van der Waals surface area contributed by atoms with E-state index in [9.17, 15) is 0 Å². The van der Waals surface area contributed by atoms with Gasteiger partial charge in [0.05, 0.1) is 0 Å². The second-order valence-electron chi connectivity index (χ2n) is 9.18. The molecule has 2 N–H and O–H groups in total. The predicted octanol–water partition coefficient (Wildman–Crippen LogP) is 8.50. The van der Waals surface area contributed by atoms with Crippen molar-refractivity contribution in [1.29, 1.82) is 0 Å². The van der Waals surface area contributed by atoms with E-state index in [1.807, 2.05) is 0 Å². The molecule has 0 aliphatic heterocycles. The number of rotatable bonds is 13. The van der Waals surface area contributed by atoms with Gasteiger partial charge in [-0.25, -0.2) is 0 Å². The minimum atomic E-state index is 0.152. The maximum atomic E-state index is 5.93. The second kappa shape index (κ2) is 13.2. The predicted molar refractivity (Wildman–Crippen MR) is 144 cm³/mol. The first-order chi connectivity index (χ1) is 15.4. The summed E-state index contributed by atoms with van der Waals surface area (Å²) >= 11 is 0. The summed E-state index contributed by atoms with van der Waals surface area (Å²) in [5.74, 6) is 0.488. The highest BCUT2D eigenvalue weighted by Crippen LogP contribution is 2.48. The van der Waals surface area contributed by atoms with Gasteiger partial charge < -0.3 is 5.73 Å². The van der Waals surface area contributed by atoms with Gasteiger partial charge in [0, 0.05) is 11.8 Å². The van der Waals surface area contributed by atoms with Crippen LogP contribution in [0.2, 0.25) is 0 Å². The van der Waals surface area contributed by atoms with Gasteiger partial charge in [0.15, 0.2) is 0 Å². The lowest BCUT2D eigenvalue weighted by atomic mass is 9.83. The topological polar surface area (TPSA) is 26.0 Å². The Morgan fingerprint density at radius 1 is 1.09 bits per heavy atom. The molecule has 0 heterocycles. The van der Waals surface area contributed by atoms with Gasteiger partial charge in [-0.15, -0.1) is 0 Å². The van der Waals surface area contributed by atoms with Gasteiger partial charge >= 0.3 is 0 Å². The Balaban J connectivity index is 2.10. The van der Waals surface area contributed by atoms with E-state index in [0.29, 0.717) is 12.5 Å². The average Bonchev–Trinajstić information content (AvgIpc) is 3.00. The molecule has 1 aliphatic carbocycles. The van der Waals surface area contributed by atoms with E-state index in [1.54, 1.807) is 0 Å². The fraction of sp³-hybridized carbons (Fsp3) is 0.419. The lowest BCUT2D eigenvalue weighted by Gasteiger charge is -2.21. The number of hydrogen-bond donors (Lipinski definition) is 1. The molecule has 1 nitrogen and oxygen atoms in total. The Bertz CT molecular complexity index is 893. The smallest absolute Gasteiger partial charge is 0.0301 e. The summed E-state index contributed by atoms with van der Waals surface area (Å²) in [7, 11) is 0. The van der Waals surface area contributed by atoms with Crippen molar-refractivity contribution in [1.82, 2.24) is 0 Å². The lowest BCUT2D eigenvalue weighted by molar-refractivity contribution is 0.652. The SMILES string of the molecule is C=C(C/C=C\C1=C(C)C(CCN)C(=C)C1C(=C)c1cccc(C)c1)CC/C=C\CCCC. The highest BCUT2D eigenvalue weighted by atomic mass is 14.5. The van der Waals surface area contributed by atoms with E-state index < -0.39 is 0 Å². The molecule has 32 heavy (non-hydrogen) atoms. The van der Waals surface area contributed by atoms with Crippen molar-refractivity contribution in [2.24, 2.45) is 17.6 Å². The van der Waals surface area contributed by atoms with E-state index in [2.05, 4.69) is 89.1 Å². The molecule has 1 aliphatic rings. The number of nitrogens with two attached hydrogens (primary N) is 1. The fourth-order valence-electron chi connectivity index (χ4n) is 4.63. The molecule has 0 amide bonds. The van der Waals surface area contributed by atoms with Crippen molar-refractivity contribution in [3.8, 4) is 0 Å². The standard InChI is InChI=1S/C31H43N/c1-7-8-9-10-11-12-15-23(2)16-14-19-30-26(5)29(20-21-32)27(6)31(30)25(4)28-18-13-17-24(3)22-28/h10-11,13-14,17-19,22,29,31H,2,4,6-9,12,15-16,20-21,32H2,1,3,5H3/b11-10-,19-14-. The van der Waals surface area contributed by atoms with E-state index in [0.717, 1.165) is 31.3 Å². The van der Waals surface area contributed by atoms with E-state index in [-0.39, 0.29) is 5.92 Å². The van der Waals surface area contributed by atoms with Crippen molar-refractivity contribution in [3.05, 3.63) is 102 Å². The number of allylic oxidation sites excluding steroid dienone is 9. The monoisotopic (exact) mass is 429 g/mol. The van der Waals surface area contributed by atoms with Crippen LogP contribution in [0.5, 0.6) is 0 Å².